The Morgan fingerprint density at radius 3 is 2.53 bits per heavy atom. The number of likely N-dealkylation sites (N-methyl/N-ethyl adjacent to an activating group) is 1. The Bertz CT molecular complexity index is 1390. The molecule has 1 heterocycles. The van der Waals surface area contributed by atoms with Crippen molar-refractivity contribution in [1.82, 2.24) is 14.8 Å². The van der Waals surface area contributed by atoms with Gasteiger partial charge in [-0.2, -0.15) is 8.42 Å². The fraction of sp³-hybridized carbons (Fsp3) is 0.464. The van der Waals surface area contributed by atoms with Crippen LogP contribution < -0.4 is 5.32 Å². The number of rotatable bonds is 14. The van der Waals surface area contributed by atoms with E-state index >= 15 is 0 Å². The Morgan fingerprint density at radius 2 is 1.87 bits per heavy atom. The van der Waals surface area contributed by atoms with E-state index in [9.17, 15) is 23.4 Å². The maximum absolute atomic E-state index is 11.5. The maximum atomic E-state index is 11.5. The molecule has 1 unspecified atom stereocenters. The normalized spacial score (nSPS) is 12.7. The summed E-state index contributed by atoms with van der Waals surface area (Å²) in [6.45, 7) is 12.4. The number of benzene rings is 2. The van der Waals surface area contributed by atoms with Gasteiger partial charge in [0.25, 0.3) is 0 Å². The van der Waals surface area contributed by atoms with Gasteiger partial charge in [0.05, 0.1) is 17.4 Å². The number of carbonyl (C=O) groups is 1. The summed E-state index contributed by atoms with van der Waals surface area (Å²) in [7, 11) is -2.55. The van der Waals surface area contributed by atoms with Gasteiger partial charge in [0, 0.05) is 48.2 Å². The molecule has 0 aliphatic rings. The van der Waals surface area contributed by atoms with Gasteiger partial charge in [-0.3, -0.25) is 0 Å². The zero-order valence-corrected chi connectivity index (χ0v) is 23.3. The summed E-state index contributed by atoms with van der Waals surface area (Å²) < 4.78 is 27.5. The smallest absolute Gasteiger partial charge is 0.335 e. The molecule has 0 saturated carbocycles. The molecule has 0 saturated heterocycles. The van der Waals surface area contributed by atoms with Gasteiger partial charge in [0.1, 0.15) is 0 Å². The molecule has 206 valence electrons. The van der Waals surface area contributed by atoms with Crippen LogP contribution in [0.1, 0.15) is 61.8 Å². The van der Waals surface area contributed by atoms with Crippen molar-refractivity contribution in [2.75, 3.05) is 26.2 Å². The van der Waals surface area contributed by atoms with E-state index < -0.39 is 22.6 Å². The SMILES string of the molecule is CCN(CC)CCc1cc2cc(C(=O)O)ccc2n1CCC(C)(C)NCC(O)c1cccc(N=S(=O)=O)c1. The van der Waals surface area contributed by atoms with E-state index in [2.05, 4.69) is 52.9 Å². The maximum Gasteiger partial charge on any atom is 0.335 e. The minimum Gasteiger partial charge on any atom is -0.478 e. The van der Waals surface area contributed by atoms with E-state index in [4.69, 9.17) is 0 Å². The van der Waals surface area contributed by atoms with E-state index in [0.717, 1.165) is 49.9 Å². The minimum atomic E-state index is -2.55. The molecule has 3 N–H and O–H groups in total. The number of carboxylic acid groups (broad SMARTS) is 1. The molecule has 0 aliphatic heterocycles. The van der Waals surface area contributed by atoms with Crippen molar-refractivity contribution in [3.63, 3.8) is 0 Å². The molecule has 0 spiro atoms. The highest BCUT2D eigenvalue weighted by Gasteiger charge is 2.21. The Balaban J connectivity index is 1.74. The van der Waals surface area contributed by atoms with Crippen molar-refractivity contribution in [2.24, 2.45) is 4.36 Å². The zero-order chi connectivity index (χ0) is 27.9. The second kappa shape index (κ2) is 13.1. The number of hydrogen-bond donors (Lipinski definition) is 3. The Hall–Kier alpha value is -3.05. The third-order valence-corrected chi connectivity index (χ3v) is 7.34. The van der Waals surface area contributed by atoms with Gasteiger partial charge < -0.3 is 25.0 Å². The molecule has 3 aromatic rings. The quantitative estimate of drug-likeness (QED) is 0.276. The number of nitrogens with one attached hydrogen (secondary N) is 1. The predicted molar refractivity (Wildman–Crippen MR) is 149 cm³/mol. The number of β-amino-alcohol motifs (C(OH)–C–C–N with tert-alkyl or cyclic N) is 1. The van der Waals surface area contributed by atoms with Crippen molar-refractivity contribution >= 4 is 33.1 Å². The summed E-state index contributed by atoms with van der Waals surface area (Å²) in [5.74, 6) is -0.936. The standard InChI is InChI=1S/C28H38N4O5S/c1-5-31(6-2)14-12-24-18-22-16-21(27(34)35)10-11-25(22)32(24)15-13-28(3,4)29-19-26(33)20-8-7-9-23(17-20)30-38(36)37/h7-11,16-18,26,29,33H,5-6,12-15,19H2,1-4H3,(H,34,35). The van der Waals surface area contributed by atoms with Crippen LogP contribution in [0.15, 0.2) is 52.9 Å². The lowest BCUT2D eigenvalue weighted by Crippen LogP contribution is -2.42. The summed E-state index contributed by atoms with van der Waals surface area (Å²) in [6.07, 6.45) is 0.810. The largest absolute Gasteiger partial charge is 0.478 e. The predicted octanol–water partition coefficient (Wildman–Crippen LogP) is 4.41. The number of aliphatic hydroxyl groups excluding tert-OH is 1. The van der Waals surface area contributed by atoms with Crippen LogP contribution in [0.4, 0.5) is 5.69 Å². The van der Waals surface area contributed by atoms with Crippen LogP contribution in [0.25, 0.3) is 10.9 Å². The van der Waals surface area contributed by atoms with Gasteiger partial charge >= 0.3 is 16.5 Å². The molecule has 0 amide bonds. The summed E-state index contributed by atoms with van der Waals surface area (Å²) in [5.41, 5.74) is 3.01. The van der Waals surface area contributed by atoms with E-state index in [0.29, 0.717) is 12.1 Å². The number of carboxylic acids is 1. The number of aryl methyl sites for hydroxylation is 1. The lowest BCUT2D eigenvalue weighted by molar-refractivity contribution is 0.0697. The molecule has 2 aromatic carbocycles. The third-order valence-electron chi connectivity index (χ3n) is 6.98. The summed E-state index contributed by atoms with van der Waals surface area (Å²) >= 11 is 0. The molecule has 9 nitrogen and oxygen atoms in total. The van der Waals surface area contributed by atoms with Gasteiger partial charge in [0.15, 0.2) is 0 Å². The highest BCUT2D eigenvalue weighted by Crippen LogP contribution is 2.25. The Morgan fingerprint density at radius 1 is 1.13 bits per heavy atom. The molecular formula is C28H38N4O5S. The van der Waals surface area contributed by atoms with Crippen molar-refractivity contribution in [3.8, 4) is 0 Å². The number of aromatic carboxylic acids is 1. The third kappa shape index (κ3) is 7.97. The van der Waals surface area contributed by atoms with Crippen LogP contribution in [-0.4, -0.2) is 65.8 Å². The highest BCUT2D eigenvalue weighted by molar-refractivity contribution is 7.61. The van der Waals surface area contributed by atoms with Crippen molar-refractivity contribution in [2.45, 2.75) is 58.7 Å². The first-order chi connectivity index (χ1) is 18.0. The fourth-order valence-electron chi connectivity index (χ4n) is 4.59. The van der Waals surface area contributed by atoms with E-state index in [1.54, 1.807) is 36.4 Å². The summed E-state index contributed by atoms with van der Waals surface area (Å²) in [4.78, 5) is 13.9. The molecule has 1 aromatic heterocycles. The molecule has 10 heteroatoms. The van der Waals surface area contributed by atoms with E-state index in [1.165, 1.54) is 5.69 Å². The molecular weight excluding hydrogens is 504 g/mol. The highest BCUT2D eigenvalue weighted by atomic mass is 32.2. The van der Waals surface area contributed by atoms with E-state index in [1.807, 2.05) is 6.07 Å². The van der Waals surface area contributed by atoms with Crippen LogP contribution in [-0.2, 0) is 23.5 Å². The molecule has 0 aliphatic carbocycles. The fourth-order valence-corrected chi connectivity index (χ4v) is 4.88. The molecule has 3 rings (SSSR count). The minimum absolute atomic E-state index is 0.275. The number of hydrogen-bond acceptors (Lipinski definition) is 7. The van der Waals surface area contributed by atoms with Crippen LogP contribution in [0.5, 0.6) is 0 Å². The summed E-state index contributed by atoms with van der Waals surface area (Å²) in [6, 6.07) is 13.9. The second-order valence-corrected chi connectivity index (χ2v) is 10.7. The van der Waals surface area contributed by atoms with Crippen molar-refractivity contribution in [1.29, 1.82) is 0 Å². The second-order valence-electron chi connectivity index (χ2n) is 10.1. The lowest BCUT2D eigenvalue weighted by atomic mass is 9.99. The van der Waals surface area contributed by atoms with Crippen LogP contribution >= 0.6 is 0 Å². The Kier molecular flexibility index (Phi) is 10.2. The average Bonchev–Trinajstić information content (AvgIpc) is 3.23. The van der Waals surface area contributed by atoms with Gasteiger partial charge in [0.2, 0.25) is 0 Å². The van der Waals surface area contributed by atoms with Gasteiger partial charge in [-0.25, -0.2) is 4.79 Å². The number of aromatic nitrogens is 1. The molecule has 0 radical (unpaired) electrons. The number of aliphatic hydroxyl groups is 1. The molecule has 1 atom stereocenters. The first-order valence-electron chi connectivity index (χ1n) is 12.9. The zero-order valence-electron chi connectivity index (χ0n) is 22.5. The van der Waals surface area contributed by atoms with Gasteiger partial charge in [-0.1, -0.05) is 26.0 Å². The van der Waals surface area contributed by atoms with Gasteiger partial charge in [-0.15, -0.1) is 4.36 Å². The molecule has 0 bridgehead atoms. The van der Waals surface area contributed by atoms with Crippen LogP contribution in [0.2, 0.25) is 0 Å². The lowest BCUT2D eigenvalue weighted by Gasteiger charge is -2.29. The molecule has 0 fully saturated rings. The molecule has 38 heavy (non-hydrogen) atoms. The van der Waals surface area contributed by atoms with Crippen LogP contribution in [0.3, 0.4) is 0 Å². The first-order valence-corrected chi connectivity index (χ1v) is 14.0. The van der Waals surface area contributed by atoms with E-state index in [-0.39, 0.29) is 16.8 Å². The monoisotopic (exact) mass is 542 g/mol. The average molecular weight is 543 g/mol. The first kappa shape index (κ1) is 29.5. The van der Waals surface area contributed by atoms with Crippen molar-refractivity contribution < 1.29 is 23.4 Å². The summed E-state index contributed by atoms with van der Waals surface area (Å²) in [5, 5.41) is 24.5. The number of fused-ring (bicyclic) bond motifs is 1. The van der Waals surface area contributed by atoms with Gasteiger partial charge in [-0.05, 0) is 75.3 Å². The van der Waals surface area contributed by atoms with Crippen LogP contribution in [0, 0.1) is 0 Å². The number of nitrogens with zero attached hydrogens (tertiary/aromatic N) is 3. The Labute approximate surface area is 225 Å². The van der Waals surface area contributed by atoms with Crippen molar-refractivity contribution in [3.05, 3.63) is 65.4 Å². The topological polar surface area (TPSA) is 124 Å².